The van der Waals surface area contributed by atoms with Crippen molar-refractivity contribution in [2.24, 2.45) is 0 Å². The summed E-state index contributed by atoms with van der Waals surface area (Å²) in [7, 11) is 0. The van der Waals surface area contributed by atoms with Gasteiger partial charge in [-0.05, 0) is 6.07 Å². The van der Waals surface area contributed by atoms with E-state index in [0.717, 1.165) is 0 Å². The molecule has 0 aliphatic carbocycles. The minimum Gasteiger partial charge on any atom is -0.206 e. The Kier molecular flexibility index (Phi) is 3.06. The van der Waals surface area contributed by atoms with Crippen molar-refractivity contribution in [2.75, 3.05) is 0 Å². The van der Waals surface area contributed by atoms with Crippen molar-refractivity contribution in [3.05, 3.63) is 34.6 Å². The fraction of sp³-hybridized carbons (Fsp3) is 0.250. The number of rotatable bonds is 0. The van der Waals surface area contributed by atoms with Gasteiger partial charge in [-0.25, -0.2) is 13.2 Å². The highest BCUT2D eigenvalue weighted by Crippen LogP contribution is 2.39. The van der Waals surface area contributed by atoms with Crippen LogP contribution >= 0.6 is 0 Å². The second-order valence-corrected chi connectivity index (χ2v) is 2.90. The Morgan fingerprint density at radius 2 is 1.18 bits per heavy atom. The maximum atomic E-state index is 12.7. The van der Waals surface area contributed by atoms with Crippen LogP contribution in [-0.4, -0.2) is 0 Å². The number of benzene rings is 1. The Morgan fingerprint density at radius 3 is 1.53 bits per heavy atom. The van der Waals surface area contributed by atoms with Crippen LogP contribution in [-0.2, 0) is 12.4 Å². The smallest absolute Gasteiger partial charge is 0.206 e. The fourth-order valence-corrected chi connectivity index (χ4v) is 1.06. The highest BCUT2D eigenvalue weighted by molar-refractivity contribution is 5.31. The summed E-state index contributed by atoms with van der Waals surface area (Å²) >= 11 is 0. The third-order valence-electron chi connectivity index (χ3n) is 1.75. The lowest BCUT2D eigenvalue weighted by Crippen LogP contribution is -2.18. The lowest BCUT2D eigenvalue weighted by Gasteiger charge is -2.13. The van der Waals surface area contributed by atoms with Gasteiger partial charge in [0.2, 0.25) is 0 Å². The zero-order chi connectivity index (χ0) is 13.6. The molecule has 0 aromatic heterocycles. The van der Waals surface area contributed by atoms with Gasteiger partial charge in [-0.1, -0.05) is 0 Å². The third-order valence-corrected chi connectivity index (χ3v) is 1.75. The van der Waals surface area contributed by atoms with Crippen molar-refractivity contribution in [3.8, 4) is 0 Å². The third kappa shape index (κ3) is 2.47. The molecule has 0 unspecified atom stereocenters. The molecular formula is C8HF9. The van der Waals surface area contributed by atoms with E-state index in [9.17, 15) is 39.5 Å². The summed E-state index contributed by atoms with van der Waals surface area (Å²) in [6, 6.07) is -0.735. The largest absolute Gasteiger partial charge is 0.422 e. The zero-order valence-electron chi connectivity index (χ0n) is 7.48. The molecule has 0 amide bonds. The lowest BCUT2D eigenvalue weighted by atomic mass is 10.1. The van der Waals surface area contributed by atoms with E-state index in [1.165, 1.54) is 0 Å². The molecule has 0 saturated heterocycles. The molecule has 17 heavy (non-hydrogen) atoms. The Balaban J connectivity index is 3.60. The quantitative estimate of drug-likeness (QED) is 0.490. The van der Waals surface area contributed by atoms with E-state index >= 15 is 0 Å². The van der Waals surface area contributed by atoms with Crippen LogP contribution in [0.15, 0.2) is 6.07 Å². The molecular weight excluding hydrogens is 267 g/mol. The highest BCUT2D eigenvalue weighted by atomic mass is 19.4. The van der Waals surface area contributed by atoms with Gasteiger partial charge in [0.25, 0.3) is 0 Å². The SMILES string of the molecule is Fc1cc(C(F)(F)F)c(F)c(F)c1C(F)(F)F. The van der Waals surface area contributed by atoms with Crippen LogP contribution in [0.1, 0.15) is 11.1 Å². The topological polar surface area (TPSA) is 0 Å². The average molecular weight is 268 g/mol. The average Bonchev–Trinajstić information content (AvgIpc) is 2.07. The molecule has 0 N–H and O–H groups in total. The maximum absolute atomic E-state index is 12.7. The van der Waals surface area contributed by atoms with Crippen molar-refractivity contribution < 1.29 is 39.5 Å². The summed E-state index contributed by atoms with van der Waals surface area (Å²) in [6.45, 7) is 0. The molecule has 0 spiro atoms. The summed E-state index contributed by atoms with van der Waals surface area (Å²) in [5, 5.41) is 0. The van der Waals surface area contributed by atoms with Crippen LogP contribution < -0.4 is 0 Å². The molecule has 96 valence electrons. The molecule has 9 heteroatoms. The molecule has 1 rings (SSSR count). The van der Waals surface area contributed by atoms with E-state index in [-0.39, 0.29) is 0 Å². The van der Waals surface area contributed by atoms with Crippen molar-refractivity contribution >= 4 is 0 Å². The molecule has 0 aliphatic heterocycles. The van der Waals surface area contributed by atoms with Gasteiger partial charge in [0.1, 0.15) is 11.4 Å². The molecule has 0 fully saturated rings. The zero-order valence-corrected chi connectivity index (χ0v) is 7.48. The van der Waals surface area contributed by atoms with Crippen LogP contribution in [0.3, 0.4) is 0 Å². The van der Waals surface area contributed by atoms with Crippen molar-refractivity contribution in [1.82, 2.24) is 0 Å². The van der Waals surface area contributed by atoms with E-state index in [0.29, 0.717) is 0 Å². The Bertz CT molecular complexity index is 440. The van der Waals surface area contributed by atoms with E-state index in [1.54, 1.807) is 0 Å². The van der Waals surface area contributed by atoms with Gasteiger partial charge in [-0.2, -0.15) is 26.3 Å². The first kappa shape index (κ1) is 13.7. The van der Waals surface area contributed by atoms with Gasteiger partial charge < -0.3 is 0 Å². The van der Waals surface area contributed by atoms with Gasteiger partial charge in [-0.3, -0.25) is 0 Å². The van der Waals surface area contributed by atoms with Gasteiger partial charge in [-0.15, -0.1) is 0 Å². The second kappa shape index (κ2) is 3.81. The van der Waals surface area contributed by atoms with E-state index in [1.807, 2.05) is 0 Å². The lowest BCUT2D eigenvalue weighted by molar-refractivity contribution is -0.147. The summed E-state index contributed by atoms with van der Waals surface area (Å²) in [5.41, 5.74) is -5.12. The van der Waals surface area contributed by atoms with E-state index in [2.05, 4.69) is 0 Å². The molecule has 0 saturated carbocycles. The van der Waals surface area contributed by atoms with Crippen LogP contribution in [0.25, 0.3) is 0 Å². The molecule has 0 aliphatic rings. The highest BCUT2D eigenvalue weighted by Gasteiger charge is 2.44. The predicted octanol–water partition coefficient (Wildman–Crippen LogP) is 4.14. The van der Waals surface area contributed by atoms with Crippen molar-refractivity contribution in [2.45, 2.75) is 12.4 Å². The van der Waals surface area contributed by atoms with Gasteiger partial charge in [0.05, 0.1) is 5.56 Å². The number of hydrogen-bond donors (Lipinski definition) is 0. The van der Waals surface area contributed by atoms with Crippen LogP contribution in [0, 0.1) is 17.5 Å². The Hall–Kier alpha value is -1.41. The summed E-state index contributed by atoms with van der Waals surface area (Å²) in [5.74, 6) is -8.22. The standard InChI is InChI=1S/C8HF9/c9-3-1-2(7(12,13)14)5(10)6(11)4(3)8(15,16)17/h1H. The van der Waals surface area contributed by atoms with E-state index in [4.69, 9.17) is 0 Å². The van der Waals surface area contributed by atoms with E-state index < -0.39 is 47.0 Å². The summed E-state index contributed by atoms with van der Waals surface area (Å²) in [4.78, 5) is 0. The molecule has 1 aromatic carbocycles. The first-order valence-corrected chi connectivity index (χ1v) is 3.78. The minimum absolute atomic E-state index is 0.735. The van der Waals surface area contributed by atoms with Crippen LogP contribution in [0.5, 0.6) is 0 Å². The second-order valence-electron chi connectivity index (χ2n) is 2.90. The van der Waals surface area contributed by atoms with Gasteiger partial charge in [0, 0.05) is 0 Å². The van der Waals surface area contributed by atoms with Crippen LogP contribution in [0.4, 0.5) is 39.5 Å². The van der Waals surface area contributed by atoms with Gasteiger partial charge >= 0.3 is 12.4 Å². The Labute approximate surface area is 87.7 Å². The number of alkyl halides is 6. The Morgan fingerprint density at radius 1 is 0.706 bits per heavy atom. The molecule has 0 nitrogen and oxygen atoms in total. The summed E-state index contributed by atoms with van der Waals surface area (Å²) < 4.78 is 110. The number of hydrogen-bond acceptors (Lipinski definition) is 0. The van der Waals surface area contributed by atoms with Crippen molar-refractivity contribution in [1.29, 1.82) is 0 Å². The first-order chi connectivity index (χ1) is 7.46. The van der Waals surface area contributed by atoms with Crippen LogP contribution in [0.2, 0.25) is 0 Å². The predicted molar refractivity (Wildman–Crippen MR) is 36.3 cm³/mol. The monoisotopic (exact) mass is 268 g/mol. The molecule has 1 aromatic rings. The first-order valence-electron chi connectivity index (χ1n) is 3.78. The number of halogens is 9. The normalized spacial score (nSPS) is 13.0. The molecule has 0 bridgehead atoms. The molecule has 0 atom stereocenters. The fourth-order valence-electron chi connectivity index (χ4n) is 1.06. The minimum atomic E-state index is -5.63. The molecule has 0 heterocycles. The van der Waals surface area contributed by atoms with Gasteiger partial charge in [0.15, 0.2) is 11.6 Å². The summed E-state index contributed by atoms with van der Waals surface area (Å²) in [6.07, 6.45) is -11.1. The maximum Gasteiger partial charge on any atom is 0.422 e. The molecule has 0 radical (unpaired) electrons. The van der Waals surface area contributed by atoms with Crippen molar-refractivity contribution in [3.63, 3.8) is 0 Å².